The maximum Gasteiger partial charge on any atom is 0.268 e. The zero-order chi connectivity index (χ0) is 22.1. The number of amides is 2. The number of nitrogens with zero attached hydrogens (tertiary/aromatic N) is 2. The smallest absolute Gasteiger partial charge is 0.268 e. The molecule has 0 aliphatic rings. The first-order chi connectivity index (χ1) is 14.9. The van der Waals surface area contributed by atoms with Gasteiger partial charge in [-0.2, -0.15) is 0 Å². The molecule has 2 aromatic heterocycles. The first-order valence-electron chi connectivity index (χ1n) is 9.60. The lowest BCUT2D eigenvalue weighted by Crippen LogP contribution is -2.42. The van der Waals surface area contributed by atoms with E-state index in [-0.39, 0.29) is 11.8 Å². The molecule has 4 rings (SSSR count). The van der Waals surface area contributed by atoms with Crippen LogP contribution in [0.5, 0.6) is 11.5 Å². The Balaban J connectivity index is 1.52. The van der Waals surface area contributed by atoms with E-state index < -0.39 is 6.04 Å². The van der Waals surface area contributed by atoms with Crippen LogP contribution in [-0.2, 0) is 11.8 Å². The van der Waals surface area contributed by atoms with E-state index in [1.54, 1.807) is 44.9 Å². The van der Waals surface area contributed by atoms with E-state index in [0.717, 1.165) is 21.1 Å². The maximum absolute atomic E-state index is 12.9. The van der Waals surface area contributed by atoms with Gasteiger partial charge in [0.25, 0.3) is 5.91 Å². The number of carbonyl (C=O) groups excluding carboxylic acids is 2. The summed E-state index contributed by atoms with van der Waals surface area (Å²) >= 11 is 1.39. The third-order valence-corrected chi connectivity index (χ3v) is 6.00. The first-order valence-corrected chi connectivity index (χ1v) is 10.4. The number of rotatable bonds is 6. The number of ether oxygens (including phenoxy) is 2. The minimum absolute atomic E-state index is 0.342. The second-order valence-corrected chi connectivity index (χ2v) is 8.05. The second-order valence-electron chi connectivity index (χ2n) is 7.02. The predicted octanol–water partition coefficient (Wildman–Crippen LogP) is 3.56. The van der Waals surface area contributed by atoms with Gasteiger partial charge in [-0.1, -0.05) is 23.5 Å². The summed E-state index contributed by atoms with van der Waals surface area (Å²) in [6.07, 6.45) is 0. The average molecular weight is 439 g/mol. The molecular formula is C22H22N4O4S. The quantitative estimate of drug-likeness (QED) is 0.480. The number of anilines is 1. The van der Waals surface area contributed by atoms with Crippen molar-refractivity contribution in [1.82, 2.24) is 14.9 Å². The van der Waals surface area contributed by atoms with E-state index in [4.69, 9.17) is 9.47 Å². The van der Waals surface area contributed by atoms with E-state index in [2.05, 4.69) is 15.6 Å². The highest BCUT2D eigenvalue weighted by Crippen LogP contribution is 2.33. The molecule has 0 aliphatic heterocycles. The molecule has 0 aliphatic carbocycles. The van der Waals surface area contributed by atoms with Crippen molar-refractivity contribution in [2.24, 2.45) is 7.05 Å². The van der Waals surface area contributed by atoms with Gasteiger partial charge in [0.1, 0.15) is 23.2 Å². The van der Waals surface area contributed by atoms with Crippen LogP contribution in [0.4, 0.5) is 5.13 Å². The van der Waals surface area contributed by atoms with Gasteiger partial charge in [-0.3, -0.25) is 9.59 Å². The number of hydrogen-bond donors (Lipinski definition) is 2. The highest BCUT2D eigenvalue weighted by molar-refractivity contribution is 7.22. The Hall–Kier alpha value is -3.59. The zero-order valence-corrected chi connectivity index (χ0v) is 18.4. The highest BCUT2D eigenvalue weighted by Gasteiger charge is 2.22. The molecule has 0 saturated heterocycles. The lowest BCUT2D eigenvalue weighted by molar-refractivity contribution is -0.117. The van der Waals surface area contributed by atoms with Crippen molar-refractivity contribution in [2.75, 3.05) is 19.5 Å². The van der Waals surface area contributed by atoms with Gasteiger partial charge in [-0.05, 0) is 25.1 Å². The molecule has 4 aromatic rings. The number of aryl methyl sites for hydroxylation is 1. The number of methoxy groups -OCH3 is 2. The number of fused-ring (bicyclic) bond motifs is 2. The zero-order valence-electron chi connectivity index (χ0n) is 17.6. The van der Waals surface area contributed by atoms with Gasteiger partial charge < -0.3 is 24.7 Å². The summed E-state index contributed by atoms with van der Waals surface area (Å²) in [7, 11) is 4.92. The van der Waals surface area contributed by atoms with E-state index in [1.807, 2.05) is 30.3 Å². The Bertz CT molecular complexity index is 1260. The van der Waals surface area contributed by atoms with Crippen LogP contribution in [0.1, 0.15) is 17.4 Å². The summed E-state index contributed by atoms with van der Waals surface area (Å²) in [4.78, 5) is 29.9. The Morgan fingerprint density at radius 3 is 2.61 bits per heavy atom. The second kappa shape index (κ2) is 8.27. The van der Waals surface area contributed by atoms with Crippen molar-refractivity contribution in [3.05, 3.63) is 48.2 Å². The molecule has 2 heterocycles. The molecule has 0 fully saturated rings. The lowest BCUT2D eigenvalue weighted by atomic mass is 10.2. The predicted molar refractivity (Wildman–Crippen MR) is 121 cm³/mol. The first kappa shape index (κ1) is 20.7. The normalized spacial score (nSPS) is 12.0. The molecule has 1 unspecified atom stereocenters. The number of para-hydroxylation sites is 1. The average Bonchev–Trinajstić information content (AvgIpc) is 3.33. The molecular weight excluding hydrogens is 416 g/mol. The van der Waals surface area contributed by atoms with E-state index >= 15 is 0 Å². The summed E-state index contributed by atoms with van der Waals surface area (Å²) in [5.74, 6) is 0.517. The monoisotopic (exact) mass is 438 g/mol. The fourth-order valence-corrected chi connectivity index (χ4v) is 4.22. The summed E-state index contributed by atoms with van der Waals surface area (Å²) in [5.41, 5.74) is 2.01. The number of aromatic nitrogens is 2. The molecule has 31 heavy (non-hydrogen) atoms. The molecule has 2 amide bonds. The van der Waals surface area contributed by atoms with Crippen LogP contribution in [0, 0.1) is 0 Å². The molecule has 0 saturated carbocycles. The molecule has 9 heteroatoms. The molecule has 0 spiro atoms. The molecule has 2 aromatic carbocycles. The van der Waals surface area contributed by atoms with Gasteiger partial charge >= 0.3 is 0 Å². The maximum atomic E-state index is 12.9. The number of carbonyl (C=O) groups is 2. The van der Waals surface area contributed by atoms with Gasteiger partial charge in [0.05, 0.1) is 30.0 Å². The Morgan fingerprint density at radius 2 is 1.90 bits per heavy atom. The number of nitrogens with one attached hydrogen (secondary N) is 2. The molecule has 8 nitrogen and oxygen atoms in total. The van der Waals surface area contributed by atoms with Gasteiger partial charge in [-0.25, -0.2) is 4.98 Å². The third-order valence-electron chi connectivity index (χ3n) is 5.05. The van der Waals surface area contributed by atoms with Gasteiger partial charge in [-0.15, -0.1) is 0 Å². The largest absolute Gasteiger partial charge is 0.497 e. The fourth-order valence-electron chi connectivity index (χ4n) is 3.35. The van der Waals surface area contributed by atoms with Crippen LogP contribution in [0.25, 0.3) is 21.1 Å². The van der Waals surface area contributed by atoms with Crippen LogP contribution < -0.4 is 20.1 Å². The molecule has 160 valence electrons. The van der Waals surface area contributed by atoms with Crippen molar-refractivity contribution < 1.29 is 19.1 Å². The minimum atomic E-state index is -0.756. The third kappa shape index (κ3) is 3.91. The fraction of sp³-hybridized carbons (Fsp3) is 0.227. The van der Waals surface area contributed by atoms with Crippen molar-refractivity contribution in [2.45, 2.75) is 13.0 Å². The van der Waals surface area contributed by atoms with Crippen LogP contribution >= 0.6 is 11.3 Å². The number of hydrogen-bond acceptors (Lipinski definition) is 6. The van der Waals surface area contributed by atoms with E-state index in [1.165, 1.54) is 11.3 Å². The molecule has 0 radical (unpaired) electrons. The summed E-state index contributed by atoms with van der Waals surface area (Å²) in [6, 6.07) is 12.2. The number of thiazole rings is 1. The van der Waals surface area contributed by atoms with Crippen LogP contribution in [0.15, 0.2) is 42.5 Å². The van der Waals surface area contributed by atoms with Gasteiger partial charge in [0.15, 0.2) is 5.13 Å². The lowest BCUT2D eigenvalue weighted by Gasteiger charge is -2.13. The summed E-state index contributed by atoms with van der Waals surface area (Å²) in [5, 5.41) is 6.80. The Morgan fingerprint density at radius 1 is 1.13 bits per heavy atom. The van der Waals surface area contributed by atoms with E-state index in [9.17, 15) is 9.59 Å². The molecule has 2 N–H and O–H groups in total. The van der Waals surface area contributed by atoms with E-state index in [0.29, 0.717) is 22.3 Å². The van der Waals surface area contributed by atoms with Crippen molar-refractivity contribution in [3.8, 4) is 11.5 Å². The van der Waals surface area contributed by atoms with Gasteiger partial charge in [0.2, 0.25) is 5.91 Å². The van der Waals surface area contributed by atoms with Gasteiger partial charge in [0, 0.05) is 24.6 Å². The van der Waals surface area contributed by atoms with Crippen LogP contribution in [-0.4, -0.2) is 41.6 Å². The standard InChI is InChI=1S/C22H22N4O4S/c1-12(20(27)25-22-24-15-7-5-6-8-19(15)31-22)23-21(28)17-11-14-16(26(17)2)9-13(29-3)10-18(14)30-4/h5-12H,1-4H3,(H,23,28)(H,24,25,27). The highest BCUT2D eigenvalue weighted by atomic mass is 32.1. The SMILES string of the molecule is COc1cc(OC)c2cc(C(=O)NC(C)C(=O)Nc3nc4ccccc4s3)n(C)c2c1. The minimum Gasteiger partial charge on any atom is -0.497 e. The topological polar surface area (TPSA) is 94.5 Å². The van der Waals surface area contributed by atoms with Crippen molar-refractivity contribution in [3.63, 3.8) is 0 Å². The van der Waals surface area contributed by atoms with Crippen molar-refractivity contribution in [1.29, 1.82) is 0 Å². The van der Waals surface area contributed by atoms with Crippen LogP contribution in [0.3, 0.4) is 0 Å². The Kier molecular flexibility index (Phi) is 5.51. The summed E-state index contributed by atoms with van der Waals surface area (Å²) in [6.45, 7) is 1.63. The summed E-state index contributed by atoms with van der Waals surface area (Å²) < 4.78 is 13.5. The van der Waals surface area contributed by atoms with Crippen LogP contribution in [0.2, 0.25) is 0 Å². The number of benzene rings is 2. The molecule has 0 bridgehead atoms. The van der Waals surface area contributed by atoms with Crippen molar-refractivity contribution >= 4 is 49.4 Å². The Labute approximate surface area is 182 Å². The molecule has 1 atom stereocenters.